The third-order valence-corrected chi connectivity index (χ3v) is 1.45. The van der Waals surface area contributed by atoms with Crippen LogP contribution in [0.25, 0.3) is 0 Å². The molecular weight excluding hydrogens is 178 g/mol. The summed E-state index contributed by atoms with van der Waals surface area (Å²) in [6.07, 6.45) is -0.581. The lowest BCUT2D eigenvalue weighted by atomic mass is 10.0. The molecule has 0 aliphatic heterocycles. The van der Waals surface area contributed by atoms with Gasteiger partial charge < -0.3 is 15.6 Å². The number of methoxy groups -OCH3 is 1. The Balaban J connectivity index is 4.45. The molecule has 74 valence electrons. The van der Waals surface area contributed by atoms with E-state index in [-0.39, 0.29) is 6.54 Å². The Morgan fingerprint density at radius 2 is 2.00 bits per heavy atom. The minimum Gasteiger partial charge on any atom is -0.481 e. The molecule has 0 amide bonds. The summed E-state index contributed by atoms with van der Waals surface area (Å²) in [5.74, 6) is -4.02. The molecule has 3 N–H and O–H groups in total. The molecule has 0 aliphatic rings. The van der Waals surface area contributed by atoms with Crippen LogP contribution in [0.4, 0.5) is 0 Å². The summed E-state index contributed by atoms with van der Waals surface area (Å²) >= 11 is 0. The molecular formula is C7H11NO5. The number of carbonyl (C=O) groups is 3. The maximum Gasteiger partial charge on any atom is 0.316 e. The van der Waals surface area contributed by atoms with Crippen LogP contribution in [-0.2, 0) is 19.1 Å². The van der Waals surface area contributed by atoms with Crippen LogP contribution in [0.3, 0.4) is 0 Å². The Morgan fingerprint density at radius 3 is 2.31 bits per heavy atom. The molecule has 0 rings (SSSR count). The van der Waals surface area contributed by atoms with E-state index in [1.54, 1.807) is 0 Å². The van der Waals surface area contributed by atoms with Crippen LogP contribution in [0.2, 0.25) is 0 Å². The first-order valence-electron chi connectivity index (χ1n) is 3.55. The molecule has 0 fully saturated rings. The first kappa shape index (κ1) is 11.6. The van der Waals surface area contributed by atoms with Crippen LogP contribution < -0.4 is 5.73 Å². The normalized spacial score (nSPS) is 11.8. The van der Waals surface area contributed by atoms with Gasteiger partial charge in [0.15, 0.2) is 5.78 Å². The van der Waals surface area contributed by atoms with E-state index < -0.39 is 30.1 Å². The highest BCUT2D eigenvalue weighted by atomic mass is 16.5. The molecule has 0 aromatic carbocycles. The van der Waals surface area contributed by atoms with E-state index in [2.05, 4.69) is 4.74 Å². The Morgan fingerprint density at radius 1 is 1.46 bits per heavy atom. The summed E-state index contributed by atoms with van der Waals surface area (Å²) in [6, 6.07) is 0. The van der Waals surface area contributed by atoms with Gasteiger partial charge in [0, 0.05) is 0 Å². The van der Waals surface area contributed by atoms with Gasteiger partial charge in [-0.25, -0.2) is 0 Å². The number of hydrogen-bond donors (Lipinski definition) is 2. The van der Waals surface area contributed by atoms with Gasteiger partial charge in [-0.05, 0) is 0 Å². The average molecular weight is 189 g/mol. The molecule has 0 saturated heterocycles. The van der Waals surface area contributed by atoms with Crippen molar-refractivity contribution in [3.63, 3.8) is 0 Å². The van der Waals surface area contributed by atoms with Gasteiger partial charge in [0.05, 0.1) is 20.1 Å². The van der Waals surface area contributed by atoms with Crippen molar-refractivity contribution in [1.82, 2.24) is 0 Å². The van der Waals surface area contributed by atoms with Gasteiger partial charge in [0.25, 0.3) is 0 Å². The number of carbonyl (C=O) groups excluding carboxylic acids is 2. The predicted octanol–water partition coefficient (Wildman–Crippen LogP) is -1.22. The molecule has 0 aromatic heterocycles. The molecule has 0 spiro atoms. The fourth-order valence-electron chi connectivity index (χ4n) is 0.788. The van der Waals surface area contributed by atoms with E-state index in [1.807, 2.05) is 0 Å². The number of carboxylic acid groups (broad SMARTS) is 1. The van der Waals surface area contributed by atoms with Crippen molar-refractivity contribution in [2.45, 2.75) is 6.42 Å². The summed E-state index contributed by atoms with van der Waals surface area (Å²) in [6.45, 7) is -0.368. The van der Waals surface area contributed by atoms with Crippen molar-refractivity contribution in [3.05, 3.63) is 0 Å². The number of carboxylic acids is 1. The Hall–Kier alpha value is -1.43. The summed E-state index contributed by atoms with van der Waals surface area (Å²) < 4.78 is 4.26. The molecule has 0 heterocycles. The van der Waals surface area contributed by atoms with Crippen LogP contribution in [0.5, 0.6) is 0 Å². The predicted molar refractivity (Wildman–Crippen MR) is 41.8 cm³/mol. The molecule has 1 atom stereocenters. The lowest BCUT2D eigenvalue weighted by Crippen LogP contribution is -2.32. The summed E-state index contributed by atoms with van der Waals surface area (Å²) in [5.41, 5.74) is 4.99. The van der Waals surface area contributed by atoms with E-state index in [0.29, 0.717) is 0 Å². The summed E-state index contributed by atoms with van der Waals surface area (Å²) in [7, 11) is 1.08. The van der Waals surface area contributed by atoms with Gasteiger partial charge in [-0.15, -0.1) is 0 Å². The fraction of sp³-hybridized carbons (Fsp3) is 0.571. The van der Waals surface area contributed by atoms with Crippen molar-refractivity contribution in [1.29, 1.82) is 0 Å². The second kappa shape index (κ2) is 5.26. The number of ether oxygens (including phenoxy) is 1. The molecule has 6 nitrogen and oxygen atoms in total. The van der Waals surface area contributed by atoms with Crippen molar-refractivity contribution in [2.75, 3.05) is 13.7 Å². The summed E-state index contributed by atoms with van der Waals surface area (Å²) in [4.78, 5) is 32.1. The summed E-state index contributed by atoms with van der Waals surface area (Å²) in [5, 5.41) is 8.37. The molecule has 0 aliphatic carbocycles. The number of hydrogen-bond acceptors (Lipinski definition) is 5. The number of Topliss-reactive ketones (excluding diaryl/α,β-unsaturated/α-hetero) is 1. The highest BCUT2D eigenvalue weighted by Gasteiger charge is 2.28. The molecule has 0 bridgehead atoms. The van der Waals surface area contributed by atoms with Crippen LogP contribution in [0.1, 0.15) is 6.42 Å². The van der Waals surface area contributed by atoms with E-state index in [0.717, 1.165) is 7.11 Å². The highest BCUT2D eigenvalue weighted by Crippen LogP contribution is 2.06. The Labute approximate surface area is 74.7 Å². The molecule has 0 radical (unpaired) electrons. The van der Waals surface area contributed by atoms with Gasteiger partial charge >= 0.3 is 11.9 Å². The van der Waals surface area contributed by atoms with Gasteiger partial charge in [-0.2, -0.15) is 0 Å². The van der Waals surface area contributed by atoms with Gasteiger partial charge in [-0.3, -0.25) is 14.4 Å². The molecule has 0 aromatic rings. The number of rotatable bonds is 5. The van der Waals surface area contributed by atoms with Crippen molar-refractivity contribution < 1.29 is 24.2 Å². The third-order valence-electron chi connectivity index (χ3n) is 1.45. The molecule has 0 saturated carbocycles. The minimum absolute atomic E-state index is 0.368. The van der Waals surface area contributed by atoms with Gasteiger partial charge in [0.1, 0.15) is 5.92 Å². The zero-order valence-corrected chi connectivity index (χ0v) is 7.15. The Bertz CT molecular complexity index is 209. The van der Waals surface area contributed by atoms with Crippen molar-refractivity contribution >= 4 is 17.7 Å². The van der Waals surface area contributed by atoms with Crippen LogP contribution >= 0.6 is 0 Å². The standard InChI is InChI=1S/C7H11NO5/c1-13-7(12)4(2-6(10)11)5(9)3-8/h4H,2-3,8H2,1H3,(H,10,11). The average Bonchev–Trinajstić information content (AvgIpc) is 2.11. The lowest BCUT2D eigenvalue weighted by Gasteiger charge is -2.09. The first-order chi connectivity index (χ1) is 6.02. The molecule has 13 heavy (non-hydrogen) atoms. The van der Waals surface area contributed by atoms with Crippen LogP contribution in [-0.4, -0.2) is 36.5 Å². The Kier molecular flexibility index (Phi) is 4.68. The van der Waals surface area contributed by atoms with E-state index in [9.17, 15) is 14.4 Å². The van der Waals surface area contributed by atoms with Crippen molar-refractivity contribution in [3.8, 4) is 0 Å². The van der Waals surface area contributed by atoms with Crippen LogP contribution in [0, 0.1) is 5.92 Å². The van der Waals surface area contributed by atoms with Gasteiger partial charge in [-0.1, -0.05) is 0 Å². The zero-order chi connectivity index (χ0) is 10.4. The maximum atomic E-state index is 11.0. The molecule has 1 unspecified atom stereocenters. The second-order valence-electron chi connectivity index (χ2n) is 2.34. The number of esters is 1. The quantitative estimate of drug-likeness (QED) is 0.414. The topological polar surface area (TPSA) is 107 Å². The SMILES string of the molecule is COC(=O)C(CC(=O)O)C(=O)CN. The number of ketones is 1. The van der Waals surface area contributed by atoms with Gasteiger partial charge in [0.2, 0.25) is 0 Å². The van der Waals surface area contributed by atoms with E-state index >= 15 is 0 Å². The first-order valence-corrected chi connectivity index (χ1v) is 3.55. The smallest absolute Gasteiger partial charge is 0.316 e. The maximum absolute atomic E-state index is 11.0. The number of aliphatic carboxylic acids is 1. The minimum atomic E-state index is -1.28. The third kappa shape index (κ3) is 3.66. The zero-order valence-electron chi connectivity index (χ0n) is 7.15. The van der Waals surface area contributed by atoms with Crippen molar-refractivity contribution in [2.24, 2.45) is 11.7 Å². The fourth-order valence-corrected chi connectivity index (χ4v) is 0.788. The monoisotopic (exact) mass is 189 g/mol. The van der Waals surface area contributed by atoms with Crippen LogP contribution in [0.15, 0.2) is 0 Å². The van der Waals surface area contributed by atoms with E-state index in [1.165, 1.54) is 0 Å². The molecule has 6 heteroatoms. The lowest BCUT2D eigenvalue weighted by molar-refractivity contribution is -0.154. The highest BCUT2D eigenvalue weighted by molar-refractivity contribution is 6.02. The second-order valence-corrected chi connectivity index (χ2v) is 2.34. The van der Waals surface area contributed by atoms with E-state index in [4.69, 9.17) is 10.8 Å². The largest absolute Gasteiger partial charge is 0.481 e. The number of nitrogens with two attached hydrogens (primary N) is 1.